The second-order valence-corrected chi connectivity index (χ2v) is 25.5. The Balaban J connectivity index is 4.18. The molecule has 0 spiro atoms. The SMILES string of the molecule is CC/C=C\C/C=C\C/C=C\C/C=C\C/C=C\C/C=C\C/C=C\C/C=C\C/C=C\CCCCCCCC(=O)OC(COC(=O)CCCCCCCCCCCCCCCCC/C=C\C/C=C\C/C=C\C/C=C\C/C=C\C/C=C\C/C=C\CC)COC(OCC[N+](C)(C)C)C(=O)[O-]. The molecule has 9 heteroatoms. The number of carboxylic acid groups (broad SMARTS) is 1. The van der Waals surface area contributed by atoms with E-state index in [1.165, 1.54) is 83.5 Å². The van der Waals surface area contributed by atoms with Crippen molar-refractivity contribution in [1.82, 2.24) is 0 Å². The molecule has 0 aromatic carbocycles. The second-order valence-electron chi connectivity index (χ2n) is 25.5. The van der Waals surface area contributed by atoms with E-state index >= 15 is 0 Å². The molecule has 0 aliphatic heterocycles. The van der Waals surface area contributed by atoms with E-state index in [0.29, 0.717) is 17.4 Å². The van der Waals surface area contributed by atoms with Gasteiger partial charge in [-0.2, -0.15) is 0 Å². The predicted molar refractivity (Wildman–Crippen MR) is 407 cm³/mol. The van der Waals surface area contributed by atoms with Gasteiger partial charge in [-0.05, 0) is 141 Å². The number of esters is 2. The van der Waals surface area contributed by atoms with Crippen molar-refractivity contribution < 1.29 is 42.9 Å². The monoisotopic (exact) mass is 1310 g/mol. The molecule has 0 amide bonds. The lowest BCUT2D eigenvalue weighted by Crippen LogP contribution is -2.44. The van der Waals surface area contributed by atoms with Gasteiger partial charge in [0.15, 0.2) is 12.4 Å². The van der Waals surface area contributed by atoms with Crippen molar-refractivity contribution in [1.29, 1.82) is 0 Å². The van der Waals surface area contributed by atoms with E-state index < -0.39 is 24.3 Å². The van der Waals surface area contributed by atoms with Crippen LogP contribution in [-0.4, -0.2) is 82.3 Å². The number of carboxylic acids is 1. The van der Waals surface area contributed by atoms with Crippen molar-refractivity contribution in [3.63, 3.8) is 0 Å². The van der Waals surface area contributed by atoms with E-state index in [9.17, 15) is 19.5 Å². The number of rotatable bonds is 67. The fourth-order valence-electron chi connectivity index (χ4n) is 9.69. The number of ether oxygens (including phenoxy) is 4. The van der Waals surface area contributed by atoms with Crippen molar-refractivity contribution in [3.05, 3.63) is 194 Å². The first-order valence-corrected chi connectivity index (χ1v) is 37.6. The minimum absolute atomic E-state index is 0.134. The largest absolute Gasteiger partial charge is 0.545 e. The molecule has 2 unspecified atom stereocenters. The third-order valence-corrected chi connectivity index (χ3v) is 15.3. The first kappa shape index (κ1) is 89.1. The number of hydrogen-bond acceptors (Lipinski definition) is 8. The summed E-state index contributed by atoms with van der Waals surface area (Å²) in [5, 5.41) is 11.8. The van der Waals surface area contributed by atoms with Gasteiger partial charge in [0, 0.05) is 12.8 Å². The lowest BCUT2D eigenvalue weighted by atomic mass is 10.0. The molecule has 0 N–H and O–H groups in total. The number of carbonyl (C=O) groups excluding carboxylic acids is 3. The molecule has 0 aromatic heterocycles. The fourth-order valence-corrected chi connectivity index (χ4v) is 9.69. The van der Waals surface area contributed by atoms with Crippen molar-refractivity contribution >= 4 is 17.9 Å². The smallest absolute Gasteiger partial charge is 0.306 e. The summed E-state index contributed by atoms with van der Waals surface area (Å²) in [6.45, 7) is 4.48. The van der Waals surface area contributed by atoms with Gasteiger partial charge in [-0.25, -0.2) is 0 Å². The average molecular weight is 1310 g/mol. The average Bonchev–Trinajstić information content (AvgIpc) is 3.75. The Morgan fingerprint density at radius 3 is 0.842 bits per heavy atom. The van der Waals surface area contributed by atoms with Gasteiger partial charge < -0.3 is 33.3 Å². The van der Waals surface area contributed by atoms with Crippen LogP contribution in [0, 0.1) is 0 Å². The van der Waals surface area contributed by atoms with E-state index in [-0.39, 0.29) is 38.6 Å². The van der Waals surface area contributed by atoms with Gasteiger partial charge >= 0.3 is 11.9 Å². The molecule has 0 aliphatic rings. The van der Waals surface area contributed by atoms with Crippen molar-refractivity contribution in [3.8, 4) is 0 Å². The number of allylic oxidation sites excluding steroid dienone is 32. The molecule has 9 nitrogen and oxygen atoms in total. The van der Waals surface area contributed by atoms with Gasteiger partial charge in [-0.3, -0.25) is 9.59 Å². The van der Waals surface area contributed by atoms with Crippen molar-refractivity contribution in [2.45, 2.75) is 283 Å². The van der Waals surface area contributed by atoms with Gasteiger partial charge in [-0.1, -0.05) is 311 Å². The summed E-state index contributed by atoms with van der Waals surface area (Å²) < 4.78 is 22.8. The fraction of sp³-hybridized carbons (Fsp3) is 0.593. The zero-order chi connectivity index (χ0) is 69.0. The number of likely N-dealkylation sites (N-methyl/N-ethyl adjacent to an activating group) is 1. The molecule has 534 valence electrons. The highest BCUT2D eigenvalue weighted by Gasteiger charge is 2.22. The van der Waals surface area contributed by atoms with E-state index in [2.05, 4.69) is 208 Å². The normalized spacial score (nSPS) is 13.8. The quantitative estimate of drug-likeness (QED) is 0.0195. The summed E-state index contributed by atoms with van der Waals surface area (Å²) in [5.74, 6) is -2.32. The molecular weight excluding hydrogens is 1170 g/mol. The Bertz CT molecular complexity index is 2270. The van der Waals surface area contributed by atoms with Crippen LogP contribution >= 0.6 is 0 Å². The molecule has 2 atom stereocenters. The Hall–Kier alpha value is -5.87. The lowest BCUT2D eigenvalue weighted by molar-refractivity contribution is -0.870. The minimum Gasteiger partial charge on any atom is -0.545 e. The van der Waals surface area contributed by atoms with Gasteiger partial charge in [0.1, 0.15) is 13.2 Å². The standard InChI is InChI=1S/C86H137NO8/c1-6-8-10-12-14-16-18-20-22-24-26-28-30-32-34-36-38-40-41-42-43-45-46-48-50-52-54-56-58-60-62-64-66-68-70-72-74-76-83(88)93-80-82(81-94-86(85(90)91)92-79-78-87(3,4)5)95-84(89)77-75-73-71-69-67-65-63-61-59-57-55-53-51-49-47-44-39-37-35-33-31-29-27-25-23-21-19-17-15-13-11-9-7-2/h8-11,14-17,20-23,26-29,32-35,38-40,42-44,49,51,55,57,61,63,82,86H,6-7,12-13,18-19,24-25,30-31,36-37,41,45-48,50,52-54,56,58-60,62,64-81H2,1-5H3/b10-8-,11-9-,16-14-,17-15-,22-20-,23-21-,28-26-,29-27-,34-32-,35-33-,40-38-,43-42-,44-39-,51-49-,57-55-,63-61-. The number of aliphatic carboxylic acids is 1. The lowest BCUT2D eigenvalue weighted by Gasteiger charge is -2.26. The van der Waals surface area contributed by atoms with Crippen LogP contribution < -0.4 is 5.11 Å². The Labute approximate surface area is 582 Å². The molecule has 0 radical (unpaired) electrons. The second kappa shape index (κ2) is 73.9. The van der Waals surface area contributed by atoms with Crippen molar-refractivity contribution in [2.75, 3.05) is 47.5 Å². The Morgan fingerprint density at radius 2 is 0.568 bits per heavy atom. The van der Waals surface area contributed by atoms with E-state index in [1.54, 1.807) is 0 Å². The molecule has 0 rings (SSSR count). The van der Waals surface area contributed by atoms with E-state index in [0.717, 1.165) is 154 Å². The van der Waals surface area contributed by atoms with Crippen LogP contribution in [0.2, 0.25) is 0 Å². The third kappa shape index (κ3) is 75.4. The van der Waals surface area contributed by atoms with E-state index in [1.807, 2.05) is 21.1 Å². The third-order valence-electron chi connectivity index (χ3n) is 15.3. The Kier molecular flexibility index (Phi) is 69.4. The maximum Gasteiger partial charge on any atom is 0.306 e. The number of nitrogens with zero attached hydrogens (tertiary/aromatic N) is 1. The molecule has 0 saturated heterocycles. The number of quaternary nitrogens is 1. The zero-order valence-corrected chi connectivity index (χ0v) is 61.0. The van der Waals surface area contributed by atoms with Crippen LogP contribution in [0.25, 0.3) is 0 Å². The van der Waals surface area contributed by atoms with Gasteiger partial charge in [-0.15, -0.1) is 0 Å². The molecular formula is C86H137NO8. The first-order chi connectivity index (χ1) is 46.6. The molecule has 0 bridgehead atoms. The Morgan fingerprint density at radius 1 is 0.316 bits per heavy atom. The summed E-state index contributed by atoms with van der Waals surface area (Å²) in [6, 6.07) is 0. The molecule has 95 heavy (non-hydrogen) atoms. The summed E-state index contributed by atoms with van der Waals surface area (Å²) >= 11 is 0. The van der Waals surface area contributed by atoms with Crippen molar-refractivity contribution in [2.24, 2.45) is 0 Å². The maximum atomic E-state index is 13.0. The van der Waals surface area contributed by atoms with Gasteiger partial charge in [0.05, 0.1) is 40.3 Å². The highest BCUT2D eigenvalue weighted by atomic mass is 16.7. The van der Waals surface area contributed by atoms with Gasteiger partial charge in [0.25, 0.3) is 0 Å². The highest BCUT2D eigenvalue weighted by molar-refractivity contribution is 5.70. The van der Waals surface area contributed by atoms with Gasteiger partial charge in [0.2, 0.25) is 0 Å². The molecule has 0 fully saturated rings. The minimum atomic E-state index is -1.64. The van der Waals surface area contributed by atoms with Crippen LogP contribution in [0.5, 0.6) is 0 Å². The number of hydrogen-bond donors (Lipinski definition) is 0. The van der Waals surface area contributed by atoms with Crippen LogP contribution in [0.3, 0.4) is 0 Å². The summed E-state index contributed by atoms with van der Waals surface area (Å²) in [5.41, 5.74) is 0. The van der Waals surface area contributed by atoms with E-state index in [4.69, 9.17) is 18.9 Å². The number of carbonyl (C=O) groups is 3. The first-order valence-electron chi connectivity index (χ1n) is 37.6. The summed E-state index contributed by atoms with van der Waals surface area (Å²) in [7, 11) is 5.91. The van der Waals surface area contributed by atoms with Crippen LogP contribution in [0.15, 0.2) is 194 Å². The summed E-state index contributed by atoms with van der Waals surface area (Å²) in [4.78, 5) is 37.6. The van der Waals surface area contributed by atoms with Crippen LogP contribution in [0.4, 0.5) is 0 Å². The predicted octanol–water partition coefficient (Wildman–Crippen LogP) is 22.8. The molecule has 0 aromatic rings. The molecule has 0 saturated carbocycles. The topological polar surface area (TPSA) is 111 Å². The zero-order valence-electron chi connectivity index (χ0n) is 61.0. The van der Waals surface area contributed by atoms with Crippen LogP contribution in [0.1, 0.15) is 271 Å². The highest BCUT2D eigenvalue weighted by Crippen LogP contribution is 2.16. The maximum absolute atomic E-state index is 13.0. The number of unbranched alkanes of at least 4 members (excludes halogenated alkanes) is 20. The summed E-state index contributed by atoms with van der Waals surface area (Å²) in [6.07, 6.45) is 111. The van der Waals surface area contributed by atoms with Crippen LogP contribution in [-0.2, 0) is 33.3 Å². The molecule has 0 aliphatic carbocycles. The molecule has 0 heterocycles.